The average Bonchev–Trinajstić information content (AvgIpc) is 3.27. The first kappa shape index (κ1) is 21.2. The van der Waals surface area contributed by atoms with E-state index in [2.05, 4.69) is 48.2 Å². The third kappa shape index (κ3) is 3.95. The lowest BCUT2D eigenvalue weighted by atomic mass is 10.1. The Labute approximate surface area is 189 Å². The minimum Gasteiger partial charge on any atom is -0.387 e. The number of aromatic nitrogens is 4. The molecule has 4 atom stereocenters. The first-order valence-corrected chi connectivity index (χ1v) is 10.5. The minimum atomic E-state index is -1.40. The number of halogens is 2. The van der Waals surface area contributed by atoms with E-state index < -0.39 is 30.4 Å². The van der Waals surface area contributed by atoms with Crippen LogP contribution in [-0.2, 0) is 16.1 Å². The Hall–Kier alpha value is -2.06. The Kier molecular flexibility index (Phi) is 6.06. The van der Waals surface area contributed by atoms with Gasteiger partial charge in [-0.15, -0.1) is 0 Å². The number of hydrogen-bond donors (Lipinski definition) is 4. The summed E-state index contributed by atoms with van der Waals surface area (Å²) in [5, 5.41) is 26.2. The fourth-order valence-corrected chi connectivity index (χ4v) is 4.05. The molecule has 30 heavy (non-hydrogen) atoms. The number of rotatable bonds is 5. The van der Waals surface area contributed by atoms with Gasteiger partial charge in [-0.3, -0.25) is 9.36 Å². The number of hydrogen-bond acceptors (Lipinski definition) is 8. The summed E-state index contributed by atoms with van der Waals surface area (Å²) >= 11 is 8.35. The first-order valence-electron chi connectivity index (χ1n) is 9.00. The summed E-state index contributed by atoms with van der Waals surface area (Å²) in [4.78, 5) is 24.7. The van der Waals surface area contributed by atoms with Gasteiger partial charge >= 0.3 is 0 Å². The van der Waals surface area contributed by atoms with E-state index in [-0.39, 0.29) is 5.28 Å². The van der Waals surface area contributed by atoms with Crippen LogP contribution in [0.2, 0.25) is 5.28 Å². The molecule has 4 N–H and O–H groups in total. The van der Waals surface area contributed by atoms with Crippen LogP contribution in [0, 0.1) is 3.57 Å². The van der Waals surface area contributed by atoms with Gasteiger partial charge in [-0.25, -0.2) is 4.98 Å². The maximum Gasteiger partial charge on any atom is 0.251 e. The largest absolute Gasteiger partial charge is 0.387 e. The number of ether oxygens (including phenoxy) is 1. The summed E-state index contributed by atoms with van der Waals surface area (Å²) < 4.78 is 8.14. The molecule has 3 aromatic rings. The Balaban J connectivity index is 1.64. The molecule has 1 aromatic carbocycles. The second kappa shape index (κ2) is 8.59. The Morgan fingerprint density at radius 2 is 2.13 bits per heavy atom. The smallest absolute Gasteiger partial charge is 0.251 e. The number of amides is 1. The number of benzene rings is 1. The number of carbonyl (C=O) groups excluding carboxylic acids is 1. The topological polar surface area (TPSA) is 134 Å². The molecular formula is C18H18ClIN6O4. The second-order valence-electron chi connectivity index (χ2n) is 6.69. The zero-order valence-electron chi connectivity index (χ0n) is 15.7. The van der Waals surface area contributed by atoms with E-state index in [4.69, 9.17) is 16.3 Å². The fraction of sp³-hybridized carbons (Fsp3) is 0.333. The molecule has 158 valence electrons. The van der Waals surface area contributed by atoms with Gasteiger partial charge in [0.2, 0.25) is 5.28 Å². The van der Waals surface area contributed by atoms with Crippen LogP contribution < -0.4 is 10.6 Å². The molecule has 1 saturated heterocycles. The third-order valence-electron chi connectivity index (χ3n) is 4.76. The van der Waals surface area contributed by atoms with Crippen LogP contribution in [-0.4, -0.2) is 61.0 Å². The number of aliphatic hydroxyl groups excluding tert-OH is 2. The van der Waals surface area contributed by atoms with Gasteiger partial charge in [0, 0.05) is 17.2 Å². The molecule has 3 heterocycles. The van der Waals surface area contributed by atoms with Gasteiger partial charge in [0.25, 0.3) is 5.91 Å². The number of likely N-dealkylation sites (N-methyl/N-ethyl adjacent to an activating group) is 1. The number of carbonyl (C=O) groups is 1. The van der Waals surface area contributed by atoms with Crippen molar-refractivity contribution >= 4 is 57.1 Å². The minimum absolute atomic E-state index is 0.0229. The second-order valence-corrected chi connectivity index (χ2v) is 8.28. The Bertz CT molecular complexity index is 1100. The molecule has 10 nitrogen and oxygen atoms in total. The summed E-state index contributed by atoms with van der Waals surface area (Å²) in [6.07, 6.45) is -3.65. The fourth-order valence-electron chi connectivity index (χ4n) is 3.28. The van der Waals surface area contributed by atoms with Crippen molar-refractivity contribution in [3.05, 3.63) is 45.0 Å². The van der Waals surface area contributed by atoms with E-state index in [0.717, 1.165) is 9.13 Å². The molecule has 2 aromatic heterocycles. The highest BCUT2D eigenvalue weighted by atomic mass is 127. The first-order chi connectivity index (χ1) is 14.4. The molecule has 0 aliphatic carbocycles. The molecule has 1 aliphatic heterocycles. The van der Waals surface area contributed by atoms with Crippen molar-refractivity contribution in [2.24, 2.45) is 0 Å². The van der Waals surface area contributed by atoms with Crippen molar-refractivity contribution in [1.82, 2.24) is 24.8 Å². The predicted octanol–water partition coefficient (Wildman–Crippen LogP) is 1.06. The van der Waals surface area contributed by atoms with Gasteiger partial charge in [-0.05, 0) is 51.9 Å². The van der Waals surface area contributed by atoms with Crippen LogP contribution in [0.3, 0.4) is 0 Å². The maximum atomic E-state index is 11.9. The van der Waals surface area contributed by atoms with Gasteiger partial charge in [-0.2, -0.15) is 9.97 Å². The third-order valence-corrected chi connectivity index (χ3v) is 5.60. The summed E-state index contributed by atoms with van der Waals surface area (Å²) in [5.74, 6) is -0.125. The van der Waals surface area contributed by atoms with Crippen LogP contribution in [0.1, 0.15) is 11.8 Å². The standard InChI is InChI=1S/C18H18ClIN6O4/c1-21-16(29)13-11(27)12(28)17(30-13)26-7-23-10-14(24-18(19)25-15(10)26)22-6-8-3-2-4-9(20)5-8/h2-5,7,11-13,17,27-28H,6H2,1H3,(H,21,29)(H,22,24,25)/t11-,12+,13-,17-/m0/s1. The van der Waals surface area contributed by atoms with Crippen molar-refractivity contribution in [2.75, 3.05) is 12.4 Å². The van der Waals surface area contributed by atoms with Crippen molar-refractivity contribution in [1.29, 1.82) is 0 Å². The lowest BCUT2D eigenvalue weighted by Gasteiger charge is -2.16. The molecular weight excluding hydrogens is 527 g/mol. The van der Waals surface area contributed by atoms with Gasteiger partial charge < -0.3 is 25.6 Å². The summed E-state index contributed by atoms with van der Waals surface area (Å²) in [6.45, 7) is 0.492. The van der Waals surface area contributed by atoms with E-state index in [9.17, 15) is 15.0 Å². The lowest BCUT2D eigenvalue weighted by molar-refractivity contribution is -0.137. The van der Waals surface area contributed by atoms with Crippen LogP contribution in [0.25, 0.3) is 11.2 Å². The summed E-state index contributed by atoms with van der Waals surface area (Å²) in [5.41, 5.74) is 1.77. The normalized spacial score (nSPS) is 23.6. The summed E-state index contributed by atoms with van der Waals surface area (Å²) in [7, 11) is 1.42. The van der Waals surface area contributed by atoms with Crippen molar-refractivity contribution in [3.63, 3.8) is 0 Å². The van der Waals surface area contributed by atoms with Crippen molar-refractivity contribution < 1.29 is 19.7 Å². The highest BCUT2D eigenvalue weighted by molar-refractivity contribution is 14.1. The van der Waals surface area contributed by atoms with E-state index in [0.29, 0.717) is 23.5 Å². The maximum absolute atomic E-state index is 11.9. The van der Waals surface area contributed by atoms with Gasteiger partial charge in [-0.1, -0.05) is 12.1 Å². The highest BCUT2D eigenvalue weighted by Gasteiger charge is 2.47. The monoisotopic (exact) mass is 544 g/mol. The molecule has 4 rings (SSSR count). The quantitative estimate of drug-likeness (QED) is 0.277. The van der Waals surface area contributed by atoms with Crippen LogP contribution in [0.15, 0.2) is 30.6 Å². The number of nitrogens with one attached hydrogen (secondary N) is 2. The number of anilines is 1. The number of fused-ring (bicyclic) bond motifs is 1. The average molecular weight is 545 g/mol. The zero-order valence-corrected chi connectivity index (χ0v) is 18.6. The molecule has 0 bridgehead atoms. The van der Waals surface area contributed by atoms with E-state index in [1.807, 2.05) is 24.3 Å². The molecule has 1 fully saturated rings. The molecule has 0 radical (unpaired) electrons. The number of nitrogens with zero attached hydrogens (tertiary/aromatic N) is 4. The Morgan fingerprint density at radius 1 is 1.33 bits per heavy atom. The molecule has 1 aliphatic rings. The number of aliphatic hydroxyl groups is 2. The molecule has 1 amide bonds. The van der Waals surface area contributed by atoms with Gasteiger partial charge in [0.15, 0.2) is 29.3 Å². The lowest BCUT2D eigenvalue weighted by Crippen LogP contribution is -2.41. The van der Waals surface area contributed by atoms with Gasteiger partial charge in [0.05, 0.1) is 6.33 Å². The van der Waals surface area contributed by atoms with Crippen molar-refractivity contribution in [2.45, 2.75) is 31.1 Å². The van der Waals surface area contributed by atoms with Crippen LogP contribution in [0.5, 0.6) is 0 Å². The van der Waals surface area contributed by atoms with E-state index in [1.54, 1.807) is 0 Å². The van der Waals surface area contributed by atoms with Gasteiger partial charge in [0.1, 0.15) is 12.2 Å². The summed E-state index contributed by atoms with van der Waals surface area (Å²) in [6, 6.07) is 7.98. The van der Waals surface area contributed by atoms with E-state index >= 15 is 0 Å². The predicted molar refractivity (Wildman–Crippen MR) is 117 cm³/mol. The molecule has 0 unspecified atom stereocenters. The highest BCUT2D eigenvalue weighted by Crippen LogP contribution is 2.33. The molecule has 0 spiro atoms. The van der Waals surface area contributed by atoms with E-state index in [1.165, 1.54) is 17.9 Å². The van der Waals surface area contributed by atoms with Crippen LogP contribution >= 0.6 is 34.2 Å². The number of imidazole rings is 1. The van der Waals surface area contributed by atoms with Crippen molar-refractivity contribution in [3.8, 4) is 0 Å². The zero-order chi connectivity index (χ0) is 21.4. The Morgan fingerprint density at radius 3 is 2.87 bits per heavy atom. The molecule has 12 heteroatoms. The molecule has 0 saturated carbocycles. The SMILES string of the molecule is CNC(=O)[C@H]1O[C@H](n2cnc3c(NCc4cccc(I)c4)nc(Cl)nc32)[C@H](O)[C@@H]1O. The van der Waals surface area contributed by atoms with Crippen LogP contribution in [0.4, 0.5) is 5.82 Å².